The number of carbonyl (C=O) groups excluding carboxylic acids is 1. The molecule has 6 nitrogen and oxygen atoms in total. The average molecular weight is 314 g/mol. The van der Waals surface area contributed by atoms with Gasteiger partial charge in [-0.2, -0.15) is 0 Å². The summed E-state index contributed by atoms with van der Waals surface area (Å²) < 4.78 is 28.8. The maximum Gasteiger partial charge on any atom is 0.239 e. The normalized spacial score (nSPS) is 11.4. The molecular formula is C14H22N2O4S. The summed E-state index contributed by atoms with van der Waals surface area (Å²) in [4.78, 5) is 11.9. The van der Waals surface area contributed by atoms with Gasteiger partial charge in [-0.05, 0) is 30.5 Å². The van der Waals surface area contributed by atoms with Crippen LogP contribution in [0, 0.1) is 5.92 Å². The van der Waals surface area contributed by atoms with E-state index in [1.165, 1.54) is 13.2 Å². The molecule has 1 aromatic carbocycles. The molecular weight excluding hydrogens is 292 g/mol. The fourth-order valence-corrected chi connectivity index (χ4v) is 3.14. The summed E-state index contributed by atoms with van der Waals surface area (Å²) in [6.45, 7) is 3.88. The molecule has 0 aliphatic carbocycles. The van der Waals surface area contributed by atoms with E-state index in [-0.39, 0.29) is 11.7 Å². The van der Waals surface area contributed by atoms with E-state index >= 15 is 0 Å². The third-order valence-corrected chi connectivity index (χ3v) is 4.41. The van der Waals surface area contributed by atoms with Gasteiger partial charge in [-0.25, -0.2) is 8.42 Å². The van der Waals surface area contributed by atoms with Crippen molar-refractivity contribution in [1.29, 1.82) is 0 Å². The Morgan fingerprint density at radius 3 is 2.62 bits per heavy atom. The van der Waals surface area contributed by atoms with Crippen LogP contribution in [0.1, 0.15) is 20.3 Å². The minimum absolute atomic E-state index is 0.00610. The van der Waals surface area contributed by atoms with Gasteiger partial charge in [-0.1, -0.05) is 13.8 Å². The number of ether oxygens (including phenoxy) is 1. The van der Waals surface area contributed by atoms with Crippen LogP contribution in [0.3, 0.4) is 0 Å². The topological polar surface area (TPSA) is 98.5 Å². The van der Waals surface area contributed by atoms with E-state index in [0.29, 0.717) is 23.5 Å². The number of anilines is 2. The van der Waals surface area contributed by atoms with Crippen LogP contribution < -0.4 is 15.8 Å². The standard InChI is InChI=1S/C14H22N2O4S/c1-10(2)6-7-21(18,19)9-14(17)16-12-8-11(15)4-5-13(12)20-3/h4-5,8,10H,6-7,9,15H2,1-3H3,(H,16,17). The van der Waals surface area contributed by atoms with Gasteiger partial charge >= 0.3 is 0 Å². The third-order valence-electron chi connectivity index (χ3n) is 2.85. The number of hydrogen-bond donors (Lipinski definition) is 2. The summed E-state index contributed by atoms with van der Waals surface area (Å²) >= 11 is 0. The molecule has 1 amide bonds. The molecule has 0 unspecified atom stereocenters. The van der Waals surface area contributed by atoms with Gasteiger partial charge < -0.3 is 15.8 Å². The van der Waals surface area contributed by atoms with Crippen molar-refractivity contribution >= 4 is 27.1 Å². The molecule has 118 valence electrons. The van der Waals surface area contributed by atoms with Gasteiger partial charge in [-0.3, -0.25) is 4.79 Å². The highest BCUT2D eigenvalue weighted by atomic mass is 32.2. The highest BCUT2D eigenvalue weighted by molar-refractivity contribution is 7.92. The highest BCUT2D eigenvalue weighted by Gasteiger charge is 2.18. The Balaban J connectivity index is 2.72. The summed E-state index contributed by atoms with van der Waals surface area (Å²) in [6, 6.07) is 4.77. The summed E-state index contributed by atoms with van der Waals surface area (Å²) in [6.07, 6.45) is 0.539. The Labute approximate surface area is 125 Å². The zero-order valence-corrected chi connectivity index (χ0v) is 13.4. The molecule has 0 radical (unpaired) electrons. The van der Waals surface area contributed by atoms with Crippen LogP contribution in [0.25, 0.3) is 0 Å². The first kappa shape index (κ1) is 17.3. The minimum atomic E-state index is -3.41. The SMILES string of the molecule is COc1ccc(N)cc1NC(=O)CS(=O)(=O)CCC(C)C. The minimum Gasteiger partial charge on any atom is -0.495 e. The lowest BCUT2D eigenvalue weighted by Crippen LogP contribution is -2.25. The molecule has 1 rings (SSSR count). The van der Waals surface area contributed by atoms with Crippen molar-refractivity contribution < 1.29 is 17.9 Å². The maximum atomic E-state index is 11.9. The quantitative estimate of drug-likeness (QED) is 0.746. The number of nitrogen functional groups attached to an aromatic ring is 1. The van der Waals surface area contributed by atoms with Gasteiger partial charge in [0.1, 0.15) is 11.5 Å². The molecule has 0 aliphatic heterocycles. The lowest BCUT2D eigenvalue weighted by atomic mass is 10.2. The lowest BCUT2D eigenvalue weighted by Gasteiger charge is -2.11. The zero-order chi connectivity index (χ0) is 16.0. The van der Waals surface area contributed by atoms with Crippen LogP contribution in [0.4, 0.5) is 11.4 Å². The third kappa shape index (κ3) is 6.03. The number of nitrogens with one attached hydrogen (secondary N) is 1. The molecule has 1 aromatic rings. The lowest BCUT2D eigenvalue weighted by molar-refractivity contribution is -0.113. The maximum absolute atomic E-state index is 11.9. The number of benzene rings is 1. The molecule has 3 N–H and O–H groups in total. The van der Waals surface area contributed by atoms with E-state index in [0.717, 1.165) is 0 Å². The van der Waals surface area contributed by atoms with E-state index in [4.69, 9.17) is 10.5 Å². The number of amides is 1. The van der Waals surface area contributed by atoms with E-state index in [1.54, 1.807) is 12.1 Å². The first-order chi connectivity index (χ1) is 9.73. The van der Waals surface area contributed by atoms with Crippen molar-refractivity contribution in [3.05, 3.63) is 18.2 Å². The van der Waals surface area contributed by atoms with E-state index in [1.807, 2.05) is 13.8 Å². The molecule has 0 saturated carbocycles. The predicted octanol–water partition coefficient (Wildman–Crippen LogP) is 1.68. The van der Waals surface area contributed by atoms with Crippen molar-refractivity contribution in [2.75, 3.05) is 29.7 Å². The number of nitrogens with two attached hydrogens (primary N) is 1. The van der Waals surface area contributed by atoms with Crippen molar-refractivity contribution in [2.24, 2.45) is 5.92 Å². The fraction of sp³-hybridized carbons (Fsp3) is 0.500. The van der Waals surface area contributed by atoms with Crippen LogP contribution in [0.5, 0.6) is 5.75 Å². The molecule has 7 heteroatoms. The van der Waals surface area contributed by atoms with Crippen molar-refractivity contribution in [2.45, 2.75) is 20.3 Å². The predicted molar refractivity (Wildman–Crippen MR) is 84.1 cm³/mol. The molecule has 0 spiro atoms. The molecule has 0 atom stereocenters. The molecule has 0 fully saturated rings. The molecule has 0 bridgehead atoms. The monoisotopic (exact) mass is 314 g/mol. The first-order valence-electron chi connectivity index (χ1n) is 6.67. The number of hydrogen-bond acceptors (Lipinski definition) is 5. The van der Waals surface area contributed by atoms with Crippen molar-refractivity contribution in [1.82, 2.24) is 0 Å². The Kier molecular flexibility index (Phi) is 6.02. The Bertz CT molecular complexity index is 597. The fourth-order valence-electron chi connectivity index (χ4n) is 1.70. The van der Waals surface area contributed by atoms with Gasteiger partial charge in [0.25, 0.3) is 0 Å². The molecule has 21 heavy (non-hydrogen) atoms. The van der Waals surface area contributed by atoms with Crippen LogP contribution >= 0.6 is 0 Å². The summed E-state index contributed by atoms with van der Waals surface area (Å²) in [5.74, 6) is -0.430. The average Bonchev–Trinajstić information content (AvgIpc) is 2.36. The van der Waals surface area contributed by atoms with E-state index in [9.17, 15) is 13.2 Å². The van der Waals surface area contributed by atoms with Gasteiger partial charge in [0.05, 0.1) is 18.6 Å². The Morgan fingerprint density at radius 1 is 1.38 bits per heavy atom. The number of sulfone groups is 1. The van der Waals surface area contributed by atoms with Crippen molar-refractivity contribution in [3.8, 4) is 5.75 Å². The zero-order valence-electron chi connectivity index (χ0n) is 12.5. The van der Waals surface area contributed by atoms with Crippen LogP contribution in [-0.4, -0.2) is 32.9 Å². The van der Waals surface area contributed by atoms with Crippen LogP contribution in [0.2, 0.25) is 0 Å². The summed E-state index contributed by atoms with van der Waals surface area (Å²) in [5.41, 5.74) is 6.46. The molecule has 0 aromatic heterocycles. The van der Waals surface area contributed by atoms with E-state index in [2.05, 4.69) is 5.32 Å². The summed E-state index contributed by atoms with van der Waals surface area (Å²) in [7, 11) is -1.95. The second-order valence-corrected chi connectivity index (χ2v) is 7.47. The van der Waals surface area contributed by atoms with E-state index < -0.39 is 21.5 Å². The molecule has 0 saturated heterocycles. The first-order valence-corrected chi connectivity index (χ1v) is 8.49. The second-order valence-electron chi connectivity index (χ2n) is 5.28. The van der Waals surface area contributed by atoms with Gasteiger partial charge in [-0.15, -0.1) is 0 Å². The van der Waals surface area contributed by atoms with Gasteiger partial charge in [0, 0.05) is 5.69 Å². The Hall–Kier alpha value is -1.76. The van der Waals surface area contributed by atoms with Gasteiger partial charge in [0.2, 0.25) is 5.91 Å². The van der Waals surface area contributed by atoms with Crippen molar-refractivity contribution in [3.63, 3.8) is 0 Å². The number of rotatable bonds is 7. The molecule has 0 heterocycles. The van der Waals surface area contributed by atoms with Gasteiger partial charge in [0.15, 0.2) is 9.84 Å². The smallest absolute Gasteiger partial charge is 0.239 e. The summed E-state index contributed by atoms with van der Waals surface area (Å²) in [5, 5.41) is 2.52. The van der Waals surface area contributed by atoms with Crippen LogP contribution in [0.15, 0.2) is 18.2 Å². The Morgan fingerprint density at radius 2 is 2.05 bits per heavy atom. The largest absolute Gasteiger partial charge is 0.495 e. The highest BCUT2D eigenvalue weighted by Crippen LogP contribution is 2.26. The second kappa shape index (κ2) is 7.31. The van der Waals surface area contributed by atoms with Crippen LogP contribution in [-0.2, 0) is 14.6 Å². The number of methoxy groups -OCH3 is 1. The number of carbonyl (C=O) groups is 1. The molecule has 0 aliphatic rings.